The second kappa shape index (κ2) is 11.5. The molecule has 0 atom stereocenters. The minimum Gasteiger partial charge on any atom is -0.505 e. The quantitative estimate of drug-likeness (QED) is 0.421. The molecule has 0 saturated carbocycles. The summed E-state index contributed by atoms with van der Waals surface area (Å²) in [7, 11) is 0. The molecule has 0 aliphatic carbocycles. The van der Waals surface area contributed by atoms with Gasteiger partial charge in [-0.05, 0) is 43.0 Å². The molecule has 0 spiro atoms. The fourth-order valence-electron chi connectivity index (χ4n) is 4.89. The van der Waals surface area contributed by atoms with Gasteiger partial charge in [0.05, 0.1) is 60.4 Å². The number of carbonyl (C=O) groups is 1. The molecular formula is C28H35BrFN3O5. The molecule has 2 aliphatic rings. The van der Waals surface area contributed by atoms with Crippen molar-refractivity contribution in [2.75, 3.05) is 51.0 Å². The molecule has 4 rings (SSSR count). The van der Waals surface area contributed by atoms with Crippen LogP contribution in [0.15, 0.2) is 22.2 Å². The van der Waals surface area contributed by atoms with Crippen molar-refractivity contribution in [1.82, 2.24) is 4.90 Å². The van der Waals surface area contributed by atoms with Gasteiger partial charge in [0.1, 0.15) is 11.6 Å². The fourth-order valence-corrected chi connectivity index (χ4v) is 5.30. The van der Waals surface area contributed by atoms with Crippen LogP contribution in [0.25, 0.3) is 0 Å². The molecule has 1 N–H and O–H groups in total. The van der Waals surface area contributed by atoms with Crippen molar-refractivity contribution in [3.63, 3.8) is 0 Å². The van der Waals surface area contributed by atoms with E-state index >= 15 is 4.39 Å². The van der Waals surface area contributed by atoms with Gasteiger partial charge in [-0.25, -0.2) is 4.39 Å². The van der Waals surface area contributed by atoms with Crippen LogP contribution in [-0.2, 0) is 16.7 Å². The maximum Gasteiger partial charge on any atom is 0.197 e. The summed E-state index contributed by atoms with van der Waals surface area (Å²) in [6.45, 7) is 12.9. The van der Waals surface area contributed by atoms with Crippen LogP contribution in [0.2, 0.25) is 0 Å². The average molecular weight is 593 g/mol. The van der Waals surface area contributed by atoms with E-state index in [-0.39, 0.29) is 48.0 Å². The van der Waals surface area contributed by atoms with Crippen LogP contribution in [0.4, 0.5) is 10.1 Å². The number of phenols is 1. The Hall–Kier alpha value is -2.85. The second-order valence-electron chi connectivity index (χ2n) is 10.3. The summed E-state index contributed by atoms with van der Waals surface area (Å²) in [6, 6.07) is 5.26. The van der Waals surface area contributed by atoms with Gasteiger partial charge >= 0.3 is 0 Å². The molecule has 2 aromatic carbocycles. The molecule has 206 valence electrons. The van der Waals surface area contributed by atoms with E-state index in [1.54, 1.807) is 30.0 Å². The van der Waals surface area contributed by atoms with Crippen LogP contribution in [0.1, 0.15) is 61.7 Å². The van der Waals surface area contributed by atoms with Gasteiger partial charge in [-0.15, -0.1) is 0 Å². The third kappa shape index (κ3) is 5.47. The van der Waals surface area contributed by atoms with Gasteiger partial charge in [0, 0.05) is 30.8 Å². The predicted octanol–water partition coefficient (Wildman–Crippen LogP) is 5.22. The zero-order valence-corrected chi connectivity index (χ0v) is 24.2. The third-order valence-corrected chi connectivity index (χ3v) is 7.06. The summed E-state index contributed by atoms with van der Waals surface area (Å²) in [5.74, 6) is 0.145. The van der Waals surface area contributed by atoms with Crippen LogP contribution < -0.4 is 14.4 Å². The topological polar surface area (TPSA) is 83.8 Å². The number of morpholine rings is 1. The number of ether oxygens (including phenoxy) is 3. The summed E-state index contributed by atoms with van der Waals surface area (Å²) < 4.78 is 36.5. The Morgan fingerprint density at radius 3 is 2.45 bits per heavy atom. The van der Waals surface area contributed by atoms with Gasteiger partial charge in [0.25, 0.3) is 0 Å². The van der Waals surface area contributed by atoms with Crippen LogP contribution in [0.5, 0.6) is 17.2 Å². The van der Waals surface area contributed by atoms with Crippen molar-refractivity contribution in [2.45, 2.75) is 46.6 Å². The van der Waals surface area contributed by atoms with Crippen molar-refractivity contribution in [3.05, 3.63) is 46.3 Å². The summed E-state index contributed by atoms with van der Waals surface area (Å²) in [4.78, 5) is 17.5. The van der Waals surface area contributed by atoms with Gasteiger partial charge in [0.15, 0.2) is 23.1 Å². The van der Waals surface area contributed by atoms with Crippen molar-refractivity contribution >= 4 is 33.5 Å². The molecule has 0 unspecified atom stereocenters. The van der Waals surface area contributed by atoms with Crippen LogP contribution in [0, 0.1) is 5.82 Å². The maximum absolute atomic E-state index is 15.6. The lowest BCUT2D eigenvalue weighted by Gasteiger charge is -2.32. The number of benzene rings is 2. The van der Waals surface area contributed by atoms with Crippen molar-refractivity contribution in [3.8, 4) is 17.2 Å². The van der Waals surface area contributed by atoms with Crippen molar-refractivity contribution in [2.24, 2.45) is 4.02 Å². The van der Waals surface area contributed by atoms with E-state index in [2.05, 4.69) is 20.2 Å². The Kier molecular flexibility index (Phi) is 8.52. The van der Waals surface area contributed by atoms with E-state index in [9.17, 15) is 9.90 Å². The molecule has 0 amide bonds. The summed E-state index contributed by atoms with van der Waals surface area (Å²) in [6.07, 6.45) is 0. The molecule has 0 aromatic heterocycles. The van der Waals surface area contributed by atoms with Crippen LogP contribution >= 0.6 is 16.1 Å². The van der Waals surface area contributed by atoms with Gasteiger partial charge in [0.2, 0.25) is 0 Å². The summed E-state index contributed by atoms with van der Waals surface area (Å²) >= 11 is 3.14. The number of hydrogen-bond donors (Lipinski definition) is 1. The monoisotopic (exact) mass is 591 g/mol. The van der Waals surface area contributed by atoms with Crippen molar-refractivity contribution in [1.29, 1.82) is 0 Å². The van der Waals surface area contributed by atoms with Gasteiger partial charge in [-0.1, -0.05) is 20.8 Å². The number of amidine groups is 1. The number of anilines is 1. The van der Waals surface area contributed by atoms with E-state index < -0.39 is 5.82 Å². The number of aromatic hydroxyl groups is 1. The Labute approximate surface area is 231 Å². The smallest absolute Gasteiger partial charge is 0.197 e. The fraction of sp³-hybridized carbons (Fsp3) is 0.500. The van der Waals surface area contributed by atoms with Crippen LogP contribution in [0.3, 0.4) is 0 Å². The minimum atomic E-state index is -0.560. The average Bonchev–Trinajstić information content (AvgIpc) is 3.23. The molecule has 0 bridgehead atoms. The van der Waals surface area contributed by atoms with E-state index in [4.69, 9.17) is 14.2 Å². The Morgan fingerprint density at radius 2 is 1.84 bits per heavy atom. The number of hydrogen-bond acceptors (Lipinski definition) is 7. The lowest BCUT2D eigenvalue weighted by Crippen LogP contribution is -2.37. The zero-order chi connectivity index (χ0) is 27.6. The molecule has 1 fully saturated rings. The number of phenolic OH excluding ortho intramolecular Hbond substituents is 1. The SMILES string of the molecule is CCOc1cc2c(c(F)c1OCC)/C(=N/Br)N(CC(=O)c1cc(N3CCOCC3)c(O)c(C(C)(C)C)c1)C2. The molecular weight excluding hydrogens is 557 g/mol. The molecule has 2 aliphatic heterocycles. The number of halogens is 2. The highest BCUT2D eigenvalue weighted by Gasteiger charge is 2.34. The molecule has 0 radical (unpaired) electrons. The van der Waals surface area contributed by atoms with E-state index in [0.717, 1.165) is 0 Å². The predicted molar refractivity (Wildman–Crippen MR) is 149 cm³/mol. The number of ketones is 1. The number of fused-ring (bicyclic) bond motifs is 1. The number of rotatable bonds is 8. The lowest BCUT2D eigenvalue weighted by molar-refractivity contribution is 0.0963. The normalized spacial score (nSPS) is 16.7. The first-order valence-corrected chi connectivity index (χ1v) is 13.6. The first kappa shape index (κ1) is 28.2. The third-order valence-electron chi connectivity index (χ3n) is 6.73. The molecule has 10 heteroatoms. The van der Waals surface area contributed by atoms with Gasteiger partial charge in [-0.2, -0.15) is 4.02 Å². The second-order valence-corrected chi connectivity index (χ2v) is 10.7. The summed E-state index contributed by atoms with van der Waals surface area (Å²) in [5.41, 5.74) is 2.36. The van der Waals surface area contributed by atoms with E-state index in [1.807, 2.05) is 32.6 Å². The number of carbonyl (C=O) groups excluding carboxylic acids is 1. The highest BCUT2D eigenvalue weighted by Crippen LogP contribution is 2.41. The molecule has 38 heavy (non-hydrogen) atoms. The zero-order valence-electron chi connectivity index (χ0n) is 22.6. The van der Waals surface area contributed by atoms with E-state index in [0.29, 0.717) is 66.9 Å². The highest BCUT2D eigenvalue weighted by atomic mass is 79.9. The Morgan fingerprint density at radius 1 is 1.16 bits per heavy atom. The Bertz CT molecular complexity index is 1240. The molecule has 2 aromatic rings. The Balaban J connectivity index is 1.68. The minimum absolute atomic E-state index is 0.0244. The van der Waals surface area contributed by atoms with Gasteiger partial charge < -0.3 is 29.1 Å². The van der Waals surface area contributed by atoms with Crippen molar-refractivity contribution < 1.29 is 28.5 Å². The standard InChI is InChI=1S/C28H35BrFN3O5/c1-6-37-22-14-18-15-33(27(31-29)23(18)24(30)26(22)38-7-2)16-21(34)17-12-19(28(3,4)5)25(35)20(13-17)32-8-10-36-11-9-32/h12-14,35H,6-11,15-16H2,1-5H3/b31-27-. The number of nitrogens with zero attached hydrogens (tertiary/aromatic N) is 3. The molecule has 8 nitrogen and oxygen atoms in total. The first-order chi connectivity index (χ1) is 18.1. The summed E-state index contributed by atoms with van der Waals surface area (Å²) in [5, 5.41) is 11.1. The van der Waals surface area contributed by atoms with E-state index in [1.165, 1.54) is 0 Å². The molecule has 2 heterocycles. The first-order valence-electron chi connectivity index (χ1n) is 12.9. The number of Topliss-reactive ketones (excluding diaryl/α,β-unsaturated/α-hetero) is 1. The highest BCUT2D eigenvalue weighted by molar-refractivity contribution is 9.08. The maximum atomic E-state index is 15.6. The lowest BCUT2D eigenvalue weighted by atomic mass is 9.84. The molecule has 1 saturated heterocycles. The van der Waals surface area contributed by atoms with Gasteiger partial charge in [-0.3, -0.25) is 4.79 Å². The van der Waals surface area contributed by atoms with Crippen LogP contribution in [-0.4, -0.2) is 67.7 Å². The largest absolute Gasteiger partial charge is 0.505 e.